The first-order chi connectivity index (χ1) is 11.4. The summed E-state index contributed by atoms with van der Waals surface area (Å²) in [5, 5.41) is 0.0618. The number of fused-ring (bicyclic) bond motifs is 1. The predicted molar refractivity (Wildman–Crippen MR) is 91.3 cm³/mol. The van der Waals surface area contributed by atoms with Crippen LogP contribution in [0.1, 0.15) is 24.3 Å². The number of benzene rings is 1. The maximum atomic E-state index is 13.8. The van der Waals surface area contributed by atoms with E-state index in [0.717, 1.165) is 5.56 Å². The van der Waals surface area contributed by atoms with Crippen LogP contribution in [0.25, 0.3) is 22.3 Å². The largest absolute Gasteiger partial charge is 0.364 e. The maximum Gasteiger partial charge on any atom is 0.268 e. The molecule has 0 spiro atoms. The zero-order chi connectivity index (χ0) is 17.4. The molecule has 0 fully saturated rings. The van der Waals surface area contributed by atoms with Gasteiger partial charge in [-0.1, -0.05) is 31.5 Å². The number of primary amides is 1. The van der Waals surface area contributed by atoms with Gasteiger partial charge < -0.3 is 10.3 Å². The first-order valence-corrected chi connectivity index (χ1v) is 7.85. The fourth-order valence-corrected chi connectivity index (χ4v) is 2.69. The van der Waals surface area contributed by atoms with Crippen LogP contribution < -0.4 is 5.73 Å². The SMILES string of the molecule is CC(C)Cn1cc(-c2ccc(Cl)c(F)c2)c2ncc(C(N)=O)nc21. The van der Waals surface area contributed by atoms with Gasteiger partial charge in [0.1, 0.15) is 17.0 Å². The van der Waals surface area contributed by atoms with Crippen molar-refractivity contribution in [3.8, 4) is 11.1 Å². The van der Waals surface area contributed by atoms with Crippen molar-refractivity contribution in [2.75, 3.05) is 0 Å². The number of aromatic nitrogens is 3. The van der Waals surface area contributed by atoms with Crippen LogP contribution in [0.15, 0.2) is 30.6 Å². The average Bonchev–Trinajstić information content (AvgIpc) is 2.87. The van der Waals surface area contributed by atoms with Gasteiger partial charge in [-0.05, 0) is 23.6 Å². The Hall–Kier alpha value is -2.47. The summed E-state index contributed by atoms with van der Waals surface area (Å²) in [7, 11) is 0. The molecule has 2 heterocycles. The summed E-state index contributed by atoms with van der Waals surface area (Å²) < 4.78 is 15.7. The highest BCUT2D eigenvalue weighted by molar-refractivity contribution is 6.30. The van der Waals surface area contributed by atoms with E-state index in [2.05, 4.69) is 23.8 Å². The fourth-order valence-electron chi connectivity index (χ4n) is 2.57. The lowest BCUT2D eigenvalue weighted by molar-refractivity contribution is 0.0995. The summed E-state index contributed by atoms with van der Waals surface area (Å²) >= 11 is 5.76. The smallest absolute Gasteiger partial charge is 0.268 e. The Kier molecular flexibility index (Phi) is 4.24. The Morgan fingerprint density at radius 1 is 1.42 bits per heavy atom. The van der Waals surface area contributed by atoms with Gasteiger partial charge in [0, 0.05) is 18.3 Å². The van der Waals surface area contributed by atoms with Crippen molar-refractivity contribution in [2.45, 2.75) is 20.4 Å². The minimum Gasteiger partial charge on any atom is -0.364 e. The second-order valence-electron chi connectivity index (χ2n) is 6.01. The van der Waals surface area contributed by atoms with Gasteiger partial charge in [-0.3, -0.25) is 4.79 Å². The molecule has 0 unspecified atom stereocenters. The van der Waals surface area contributed by atoms with E-state index in [1.54, 1.807) is 6.07 Å². The summed E-state index contributed by atoms with van der Waals surface area (Å²) in [6.07, 6.45) is 3.19. The van der Waals surface area contributed by atoms with E-state index in [0.29, 0.717) is 29.2 Å². The highest BCUT2D eigenvalue weighted by Gasteiger charge is 2.17. The normalized spacial score (nSPS) is 11.4. The van der Waals surface area contributed by atoms with Crippen LogP contribution in [-0.2, 0) is 6.54 Å². The number of hydrogen-bond donors (Lipinski definition) is 1. The second kappa shape index (κ2) is 6.20. The monoisotopic (exact) mass is 346 g/mol. The second-order valence-corrected chi connectivity index (χ2v) is 6.42. The average molecular weight is 347 g/mol. The van der Waals surface area contributed by atoms with E-state index < -0.39 is 11.7 Å². The van der Waals surface area contributed by atoms with Gasteiger partial charge >= 0.3 is 0 Å². The molecule has 0 bridgehead atoms. The molecule has 0 saturated heterocycles. The van der Waals surface area contributed by atoms with Crippen molar-refractivity contribution in [1.82, 2.24) is 14.5 Å². The Morgan fingerprint density at radius 2 is 2.17 bits per heavy atom. The van der Waals surface area contributed by atoms with Gasteiger partial charge in [0.15, 0.2) is 5.65 Å². The summed E-state index contributed by atoms with van der Waals surface area (Å²) in [5.74, 6) is -0.782. The molecule has 0 aliphatic heterocycles. The molecule has 3 rings (SSSR count). The Morgan fingerprint density at radius 3 is 2.79 bits per heavy atom. The number of carbonyl (C=O) groups is 1. The number of nitrogens with two attached hydrogens (primary N) is 1. The minimum atomic E-state index is -0.638. The van der Waals surface area contributed by atoms with Crippen molar-refractivity contribution in [3.63, 3.8) is 0 Å². The summed E-state index contributed by atoms with van der Waals surface area (Å²) in [5.41, 5.74) is 7.90. The van der Waals surface area contributed by atoms with Gasteiger partial charge in [-0.15, -0.1) is 0 Å². The molecule has 1 aromatic carbocycles. The van der Waals surface area contributed by atoms with Crippen molar-refractivity contribution >= 4 is 28.7 Å². The summed E-state index contributed by atoms with van der Waals surface area (Å²) in [4.78, 5) is 20.0. The van der Waals surface area contributed by atoms with Crippen molar-refractivity contribution < 1.29 is 9.18 Å². The highest BCUT2D eigenvalue weighted by atomic mass is 35.5. The van der Waals surface area contributed by atoms with Crippen LogP contribution in [0.2, 0.25) is 5.02 Å². The molecule has 0 aliphatic rings. The number of carbonyl (C=O) groups excluding carboxylic acids is 1. The summed E-state index contributed by atoms with van der Waals surface area (Å²) in [6, 6.07) is 4.59. The Labute approximate surface area is 143 Å². The Balaban J connectivity index is 2.24. The molecule has 5 nitrogen and oxygen atoms in total. The Bertz CT molecular complexity index is 936. The van der Waals surface area contributed by atoms with E-state index in [-0.39, 0.29) is 10.7 Å². The third-order valence-corrected chi connectivity index (χ3v) is 3.92. The van der Waals surface area contributed by atoms with Crippen molar-refractivity contribution in [2.24, 2.45) is 11.7 Å². The quantitative estimate of drug-likeness (QED) is 0.783. The maximum absolute atomic E-state index is 13.8. The molecular weight excluding hydrogens is 331 g/mol. The minimum absolute atomic E-state index is 0.0618. The lowest BCUT2D eigenvalue weighted by Gasteiger charge is -2.07. The van der Waals surface area contributed by atoms with Crippen LogP contribution in [-0.4, -0.2) is 20.4 Å². The van der Waals surface area contributed by atoms with Gasteiger partial charge in [0.2, 0.25) is 0 Å². The predicted octanol–water partition coefficient (Wildman–Crippen LogP) is 3.65. The topological polar surface area (TPSA) is 73.8 Å². The zero-order valence-corrected chi connectivity index (χ0v) is 14.0. The van der Waals surface area contributed by atoms with E-state index in [1.807, 2.05) is 10.8 Å². The third-order valence-electron chi connectivity index (χ3n) is 3.61. The number of rotatable bonds is 4. The standard InChI is InChI=1S/C17H16ClFN4O/c1-9(2)7-23-8-11(10-3-4-12(18)13(19)5-10)15-17(23)22-14(6-21-15)16(20)24/h3-6,8-9H,7H2,1-2H3,(H2,20,24). The highest BCUT2D eigenvalue weighted by Crippen LogP contribution is 2.31. The molecular formula is C17H16ClFN4O. The lowest BCUT2D eigenvalue weighted by Crippen LogP contribution is -2.14. The van der Waals surface area contributed by atoms with Crippen LogP contribution >= 0.6 is 11.6 Å². The molecule has 0 saturated carbocycles. The molecule has 7 heteroatoms. The zero-order valence-electron chi connectivity index (χ0n) is 13.3. The van der Waals surface area contributed by atoms with Gasteiger partial charge in [0.25, 0.3) is 5.91 Å². The van der Waals surface area contributed by atoms with Crippen LogP contribution in [0.3, 0.4) is 0 Å². The van der Waals surface area contributed by atoms with Crippen LogP contribution in [0.4, 0.5) is 4.39 Å². The fraction of sp³-hybridized carbons (Fsp3) is 0.235. The first kappa shape index (κ1) is 16.4. The van der Waals surface area contributed by atoms with Gasteiger partial charge in [-0.25, -0.2) is 14.4 Å². The molecule has 24 heavy (non-hydrogen) atoms. The van der Waals surface area contributed by atoms with Crippen molar-refractivity contribution in [3.05, 3.63) is 47.1 Å². The first-order valence-electron chi connectivity index (χ1n) is 7.48. The number of hydrogen-bond acceptors (Lipinski definition) is 3. The molecule has 0 aliphatic carbocycles. The molecule has 124 valence electrons. The van der Waals surface area contributed by atoms with E-state index in [1.165, 1.54) is 18.3 Å². The molecule has 3 aromatic rings. The number of amides is 1. The lowest BCUT2D eigenvalue weighted by atomic mass is 10.1. The van der Waals surface area contributed by atoms with E-state index in [4.69, 9.17) is 17.3 Å². The van der Waals surface area contributed by atoms with Gasteiger partial charge in [-0.2, -0.15) is 0 Å². The number of halogens is 2. The summed E-state index contributed by atoms with van der Waals surface area (Å²) in [6.45, 7) is 4.82. The molecule has 2 aromatic heterocycles. The van der Waals surface area contributed by atoms with Crippen molar-refractivity contribution in [1.29, 1.82) is 0 Å². The van der Waals surface area contributed by atoms with E-state index in [9.17, 15) is 9.18 Å². The molecule has 2 N–H and O–H groups in total. The molecule has 0 atom stereocenters. The third kappa shape index (κ3) is 2.97. The van der Waals surface area contributed by atoms with E-state index >= 15 is 0 Å². The van der Waals surface area contributed by atoms with Crippen LogP contribution in [0.5, 0.6) is 0 Å². The number of nitrogens with zero attached hydrogens (tertiary/aromatic N) is 3. The molecule has 0 radical (unpaired) electrons. The molecule has 1 amide bonds. The van der Waals surface area contributed by atoms with Crippen LogP contribution in [0, 0.1) is 11.7 Å². The van der Waals surface area contributed by atoms with Gasteiger partial charge in [0.05, 0.1) is 11.2 Å².